The zero-order valence-electron chi connectivity index (χ0n) is 13.2. The molecule has 0 fully saturated rings. The van der Waals surface area contributed by atoms with Gasteiger partial charge in [0.25, 0.3) is 5.91 Å². The first kappa shape index (κ1) is 17.7. The van der Waals surface area contributed by atoms with E-state index in [1.54, 1.807) is 24.3 Å². The van der Waals surface area contributed by atoms with E-state index in [0.717, 1.165) is 0 Å². The molecule has 2 aromatic rings. The van der Waals surface area contributed by atoms with Crippen molar-refractivity contribution in [3.05, 3.63) is 59.7 Å². The van der Waals surface area contributed by atoms with Crippen LogP contribution in [0, 0.1) is 0 Å². The summed E-state index contributed by atoms with van der Waals surface area (Å²) in [6.07, 6.45) is 0. The minimum atomic E-state index is -1.02. The molecule has 0 unspecified atom stereocenters. The highest BCUT2D eigenvalue weighted by Gasteiger charge is 2.19. The van der Waals surface area contributed by atoms with E-state index < -0.39 is 23.7 Å². The third kappa shape index (κ3) is 4.20. The molecule has 0 atom stereocenters. The third-order valence-electron chi connectivity index (χ3n) is 3.23. The molecule has 0 bridgehead atoms. The second kappa shape index (κ2) is 7.73. The number of nitrogens with two attached hydrogens (primary N) is 1. The van der Waals surface area contributed by atoms with Crippen molar-refractivity contribution in [2.24, 2.45) is 5.73 Å². The lowest BCUT2D eigenvalue weighted by Crippen LogP contribution is -2.30. The fraction of sp³-hybridized carbons (Fsp3) is 0.0588. The molecule has 8 heteroatoms. The Balaban J connectivity index is 2.16. The number of para-hydroxylation sites is 2. The molecule has 4 N–H and O–H groups in total. The standard InChI is InChI=1S/C17H15N3O5/c1-25-17(24)11-7-3-5-9-13(11)20-16(23)15(22)19-12-8-4-2-6-10(12)14(18)21/h2-9H,1H3,(H2,18,21)(H,19,22)(H,20,23). The number of amides is 3. The van der Waals surface area contributed by atoms with Crippen LogP contribution in [0.2, 0.25) is 0 Å². The molecule has 0 aromatic heterocycles. The van der Waals surface area contributed by atoms with E-state index in [-0.39, 0.29) is 22.5 Å². The molecule has 0 spiro atoms. The largest absolute Gasteiger partial charge is 0.465 e. The van der Waals surface area contributed by atoms with Crippen molar-refractivity contribution in [2.45, 2.75) is 0 Å². The number of primary amides is 1. The van der Waals surface area contributed by atoms with Crippen molar-refractivity contribution in [1.82, 2.24) is 0 Å². The van der Waals surface area contributed by atoms with Gasteiger partial charge in [-0.2, -0.15) is 0 Å². The Kier molecular flexibility index (Phi) is 5.47. The molecule has 3 amide bonds. The smallest absolute Gasteiger partial charge is 0.339 e. The number of carbonyl (C=O) groups is 4. The summed E-state index contributed by atoms with van der Waals surface area (Å²) < 4.78 is 4.61. The predicted molar refractivity (Wildman–Crippen MR) is 90.0 cm³/mol. The van der Waals surface area contributed by atoms with E-state index in [4.69, 9.17) is 5.73 Å². The maximum absolute atomic E-state index is 12.1. The quantitative estimate of drug-likeness (QED) is 0.568. The molecular weight excluding hydrogens is 326 g/mol. The number of nitrogens with one attached hydrogen (secondary N) is 2. The van der Waals surface area contributed by atoms with Gasteiger partial charge in [-0.05, 0) is 24.3 Å². The first-order valence-electron chi connectivity index (χ1n) is 7.12. The molecule has 0 heterocycles. The van der Waals surface area contributed by atoms with Gasteiger partial charge in [-0.25, -0.2) is 4.79 Å². The summed E-state index contributed by atoms with van der Waals surface area (Å²) in [7, 11) is 1.20. The fourth-order valence-corrected chi connectivity index (χ4v) is 2.05. The van der Waals surface area contributed by atoms with Gasteiger partial charge in [0.05, 0.1) is 29.6 Å². The van der Waals surface area contributed by atoms with Crippen molar-refractivity contribution < 1.29 is 23.9 Å². The zero-order valence-corrected chi connectivity index (χ0v) is 13.2. The summed E-state index contributed by atoms with van der Waals surface area (Å²) in [5, 5.41) is 4.63. The van der Waals surface area contributed by atoms with Crippen molar-refractivity contribution in [3.63, 3.8) is 0 Å². The van der Waals surface area contributed by atoms with Gasteiger partial charge in [0.1, 0.15) is 0 Å². The second-order valence-corrected chi connectivity index (χ2v) is 4.86. The van der Waals surface area contributed by atoms with Crippen LogP contribution in [0.5, 0.6) is 0 Å². The molecule has 2 rings (SSSR count). The van der Waals surface area contributed by atoms with Crippen LogP contribution in [-0.4, -0.2) is 30.8 Å². The number of methoxy groups -OCH3 is 1. The van der Waals surface area contributed by atoms with Crippen LogP contribution in [-0.2, 0) is 14.3 Å². The summed E-state index contributed by atoms with van der Waals surface area (Å²) in [6.45, 7) is 0. The van der Waals surface area contributed by atoms with E-state index in [9.17, 15) is 19.2 Å². The average molecular weight is 341 g/mol. The van der Waals surface area contributed by atoms with Crippen molar-refractivity contribution in [3.8, 4) is 0 Å². The minimum absolute atomic E-state index is 0.0682. The monoisotopic (exact) mass is 341 g/mol. The van der Waals surface area contributed by atoms with E-state index in [1.165, 1.54) is 31.4 Å². The Morgan fingerprint density at radius 3 is 1.72 bits per heavy atom. The van der Waals surface area contributed by atoms with Gasteiger partial charge in [-0.1, -0.05) is 24.3 Å². The van der Waals surface area contributed by atoms with Gasteiger partial charge in [-0.3, -0.25) is 14.4 Å². The van der Waals surface area contributed by atoms with Crippen LogP contribution in [0.3, 0.4) is 0 Å². The highest BCUT2D eigenvalue weighted by Crippen LogP contribution is 2.17. The predicted octanol–water partition coefficient (Wildman–Crippen LogP) is 1.15. The summed E-state index contributed by atoms with van der Waals surface area (Å²) in [5.74, 6) is -3.44. The summed E-state index contributed by atoms with van der Waals surface area (Å²) in [5.41, 5.74) is 5.62. The molecule has 0 aliphatic rings. The lowest BCUT2D eigenvalue weighted by molar-refractivity contribution is -0.133. The minimum Gasteiger partial charge on any atom is -0.465 e. The number of carbonyl (C=O) groups excluding carboxylic acids is 4. The van der Waals surface area contributed by atoms with Crippen molar-refractivity contribution in [2.75, 3.05) is 17.7 Å². The Bertz CT molecular complexity index is 848. The third-order valence-corrected chi connectivity index (χ3v) is 3.23. The lowest BCUT2D eigenvalue weighted by atomic mass is 10.1. The Labute approximate surface area is 143 Å². The molecule has 8 nitrogen and oxygen atoms in total. The molecule has 128 valence electrons. The highest BCUT2D eigenvalue weighted by atomic mass is 16.5. The number of anilines is 2. The number of hydrogen-bond donors (Lipinski definition) is 3. The van der Waals surface area contributed by atoms with Crippen LogP contribution < -0.4 is 16.4 Å². The first-order chi connectivity index (χ1) is 11.9. The van der Waals surface area contributed by atoms with E-state index in [2.05, 4.69) is 15.4 Å². The molecule has 25 heavy (non-hydrogen) atoms. The molecule has 0 saturated carbocycles. The van der Waals surface area contributed by atoms with Crippen LogP contribution in [0.25, 0.3) is 0 Å². The van der Waals surface area contributed by atoms with Crippen LogP contribution in [0.1, 0.15) is 20.7 Å². The van der Waals surface area contributed by atoms with E-state index >= 15 is 0 Å². The normalized spacial score (nSPS) is 9.80. The number of esters is 1. The Morgan fingerprint density at radius 1 is 0.800 bits per heavy atom. The van der Waals surface area contributed by atoms with Gasteiger partial charge in [0, 0.05) is 0 Å². The van der Waals surface area contributed by atoms with Gasteiger partial charge in [0.2, 0.25) is 0 Å². The molecule has 0 radical (unpaired) electrons. The number of benzene rings is 2. The summed E-state index contributed by atoms with van der Waals surface area (Å²) in [6, 6.07) is 12.1. The SMILES string of the molecule is COC(=O)c1ccccc1NC(=O)C(=O)Nc1ccccc1C(N)=O. The first-order valence-corrected chi connectivity index (χ1v) is 7.12. The maximum atomic E-state index is 12.1. The lowest BCUT2D eigenvalue weighted by Gasteiger charge is -2.11. The zero-order chi connectivity index (χ0) is 18.4. The van der Waals surface area contributed by atoms with Crippen LogP contribution in [0.4, 0.5) is 11.4 Å². The molecule has 0 saturated heterocycles. The van der Waals surface area contributed by atoms with Gasteiger partial charge < -0.3 is 21.1 Å². The number of ether oxygens (including phenoxy) is 1. The summed E-state index contributed by atoms with van der Waals surface area (Å²) in [4.78, 5) is 47.1. The average Bonchev–Trinajstić information content (AvgIpc) is 2.61. The van der Waals surface area contributed by atoms with Crippen molar-refractivity contribution in [1.29, 1.82) is 0 Å². The van der Waals surface area contributed by atoms with E-state index in [1.807, 2.05) is 0 Å². The highest BCUT2D eigenvalue weighted by molar-refractivity contribution is 6.44. The molecule has 0 aliphatic heterocycles. The maximum Gasteiger partial charge on any atom is 0.339 e. The van der Waals surface area contributed by atoms with Gasteiger partial charge in [-0.15, -0.1) is 0 Å². The Hall–Kier alpha value is -3.68. The van der Waals surface area contributed by atoms with Crippen LogP contribution in [0.15, 0.2) is 48.5 Å². The fourth-order valence-electron chi connectivity index (χ4n) is 2.05. The molecule has 0 aliphatic carbocycles. The topological polar surface area (TPSA) is 128 Å². The molecule has 2 aromatic carbocycles. The number of hydrogen-bond acceptors (Lipinski definition) is 5. The van der Waals surface area contributed by atoms with Crippen LogP contribution >= 0.6 is 0 Å². The summed E-state index contributed by atoms with van der Waals surface area (Å²) >= 11 is 0. The van der Waals surface area contributed by atoms with Crippen molar-refractivity contribution >= 4 is 35.1 Å². The number of rotatable bonds is 4. The Morgan fingerprint density at radius 2 is 1.24 bits per heavy atom. The molecular formula is C17H15N3O5. The van der Waals surface area contributed by atoms with Gasteiger partial charge in [0.15, 0.2) is 0 Å². The second-order valence-electron chi connectivity index (χ2n) is 4.86. The van der Waals surface area contributed by atoms with E-state index in [0.29, 0.717) is 0 Å². The van der Waals surface area contributed by atoms with Gasteiger partial charge >= 0.3 is 17.8 Å².